The highest BCUT2D eigenvalue weighted by molar-refractivity contribution is 6.08. The van der Waals surface area contributed by atoms with Crippen LogP contribution in [0.1, 0.15) is 21.5 Å². The molecule has 0 saturated carbocycles. The highest BCUT2D eigenvalue weighted by Gasteiger charge is 2.21. The normalized spacial score (nSPS) is 12.7. The number of carbonyl (C=O) groups is 1. The predicted octanol–water partition coefficient (Wildman–Crippen LogP) is 2.82. The van der Waals surface area contributed by atoms with Crippen molar-refractivity contribution in [2.75, 3.05) is 11.9 Å². The summed E-state index contributed by atoms with van der Waals surface area (Å²) in [5.41, 5.74) is 1.90. The van der Waals surface area contributed by atoms with Crippen LogP contribution in [0.25, 0.3) is 0 Å². The first-order valence-corrected chi connectivity index (χ1v) is 5.86. The first-order chi connectivity index (χ1) is 9.18. The third kappa shape index (κ3) is 1.78. The number of benzene rings is 2. The van der Waals surface area contributed by atoms with Crippen molar-refractivity contribution in [3.05, 3.63) is 65.0 Å². The van der Waals surface area contributed by atoms with Crippen molar-refractivity contribution in [3.8, 4) is 11.8 Å². The van der Waals surface area contributed by atoms with Gasteiger partial charge in [-0.05, 0) is 24.3 Å². The van der Waals surface area contributed by atoms with Gasteiger partial charge in [0, 0.05) is 12.6 Å². The number of fused-ring (bicyclic) bond motifs is 2. The van der Waals surface area contributed by atoms with Gasteiger partial charge in [-0.25, -0.2) is 4.39 Å². The predicted molar refractivity (Wildman–Crippen MR) is 71.6 cm³/mol. The van der Waals surface area contributed by atoms with Crippen molar-refractivity contribution in [1.29, 1.82) is 0 Å². The minimum Gasteiger partial charge on any atom is -0.310 e. The summed E-state index contributed by atoms with van der Waals surface area (Å²) in [5.74, 6) is 5.10. The van der Waals surface area contributed by atoms with Crippen LogP contribution in [0.5, 0.6) is 0 Å². The Morgan fingerprint density at radius 3 is 2.68 bits per heavy atom. The van der Waals surface area contributed by atoms with Crippen LogP contribution in [-0.4, -0.2) is 13.0 Å². The lowest BCUT2D eigenvalue weighted by Gasteiger charge is -2.21. The second-order valence-electron chi connectivity index (χ2n) is 4.29. The molecule has 3 heteroatoms. The molecule has 0 N–H and O–H groups in total. The monoisotopic (exact) mass is 251 g/mol. The van der Waals surface area contributed by atoms with Gasteiger partial charge >= 0.3 is 0 Å². The molecule has 0 aromatic heterocycles. The van der Waals surface area contributed by atoms with E-state index in [0.717, 1.165) is 0 Å². The van der Waals surface area contributed by atoms with Gasteiger partial charge in [-0.15, -0.1) is 0 Å². The molecule has 0 radical (unpaired) electrons. The van der Waals surface area contributed by atoms with Crippen molar-refractivity contribution < 1.29 is 9.18 Å². The molecule has 19 heavy (non-hydrogen) atoms. The van der Waals surface area contributed by atoms with Crippen LogP contribution >= 0.6 is 0 Å². The van der Waals surface area contributed by atoms with Crippen LogP contribution in [-0.2, 0) is 0 Å². The number of anilines is 1. The van der Waals surface area contributed by atoms with Gasteiger partial charge in [0.05, 0.1) is 16.8 Å². The molecule has 92 valence electrons. The third-order valence-electron chi connectivity index (χ3n) is 3.14. The lowest BCUT2D eigenvalue weighted by atomic mass is 10.0. The maximum atomic E-state index is 13.8. The molecule has 0 bridgehead atoms. The zero-order valence-corrected chi connectivity index (χ0v) is 10.3. The maximum Gasteiger partial charge on any atom is 0.259 e. The Morgan fingerprint density at radius 1 is 1.05 bits per heavy atom. The summed E-state index contributed by atoms with van der Waals surface area (Å²) in [6.45, 7) is 0. The van der Waals surface area contributed by atoms with Crippen molar-refractivity contribution in [1.82, 2.24) is 0 Å². The first kappa shape index (κ1) is 11.5. The van der Waals surface area contributed by atoms with Crippen LogP contribution in [0.2, 0.25) is 0 Å². The largest absolute Gasteiger partial charge is 0.310 e. The van der Waals surface area contributed by atoms with Gasteiger partial charge in [-0.2, -0.15) is 0 Å². The van der Waals surface area contributed by atoms with E-state index in [-0.39, 0.29) is 11.5 Å². The SMILES string of the molecule is CN1C(=O)c2ccccc2C#Cc2c(F)cccc21. The molecule has 0 atom stereocenters. The van der Waals surface area contributed by atoms with E-state index in [1.54, 1.807) is 37.4 Å². The summed E-state index contributed by atoms with van der Waals surface area (Å²) in [6, 6.07) is 11.7. The lowest BCUT2D eigenvalue weighted by Crippen LogP contribution is -2.28. The van der Waals surface area contributed by atoms with E-state index in [4.69, 9.17) is 0 Å². The summed E-state index contributed by atoms with van der Waals surface area (Å²) < 4.78 is 13.8. The molecule has 0 spiro atoms. The second kappa shape index (κ2) is 4.25. The molecule has 1 heterocycles. The second-order valence-corrected chi connectivity index (χ2v) is 4.29. The maximum absolute atomic E-state index is 13.8. The van der Waals surface area contributed by atoms with Crippen molar-refractivity contribution in [2.45, 2.75) is 0 Å². The zero-order valence-electron chi connectivity index (χ0n) is 10.3. The summed E-state index contributed by atoms with van der Waals surface area (Å²) in [7, 11) is 1.63. The number of halogens is 1. The van der Waals surface area contributed by atoms with Crippen molar-refractivity contribution in [2.24, 2.45) is 0 Å². The molecule has 0 aliphatic carbocycles. The highest BCUT2D eigenvalue weighted by atomic mass is 19.1. The Bertz CT molecular complexity index is 740. The number of carbonyl (C=O) groups excluding carboxylic acids is 1. The van der Waals surface area contributed by atoms with Crippen LogP contribution in [0.4, 0.5) is 10.1 Å². The standard InChI is InChI=1S/C16H10FNO/c1-18-15-8-4-7-14(17)13(15)10-9-11-5-2-3-6-12(11)16(18)19/h2-8H,1H3. The van der Waals surface area contributed by atoms with Gasteiger partial charge in [0.2, 0.25) is 0 Å². The van der Waals surface area contributed by atoms with E-state index < -0.39 is 5.82 Å². The molecule has 1 aliphatic rings. The van der Waals surface area contributed by atoms with E-state index >= 15 is 0 Å². The molecule has 3 rings (SSSR count). The Balaban J connectivity index is 2.33. The Hall–Kier alpha value is -2.60. The number of nitrogens with zero attached hydrogens (tertiary/aromatic N) is 1. The Morgan fingerprint density at radius 2 is 1.84 bits per heavy atom. The molecule has 2 nitrogen and oxygen atoms in total. The van der Waals surface area contributed by atoms with Crippen molar-refractivity contribution in [3.63, 3.8) is 0 Å². The molecule has 2 aromatic carbocycles. The van der Waals surface area contributed by atoms with Crippen molar-refractivity contribution >= 4 is 11.6 Å². The topological polar surface area (TPSA) is 20.3 Å². The van der Waals surface area contributed by atoms with Crippen LogP contribution in [0.15, 0.2) is 42.5 Å². The number of hydrogen-bond acceptors (Lipinski definition) is 1. The molecule has 0 unspecified atom stereocenters. The van der Waals surface area contributed by atoms with Crippen LogP contribution < -0.4 is 4.90 Å². The molecule has 0 fully saturated rings. The summed E-state index contributed by atoms with van der Waals surface area (Å²) in [5, 5.41) is 0. The molecule has 1 amide bonds. The molecule has 2 aromatic rings. The van der Waals surface area contributed by atoms with E-state index in [0.29, 0.717) is 16.8 Å². The summed E-state index contributed by atoms with van der Waals surface area (Å²) in [6.07, 6.45) is 0. The smallest absolute Gasteiger partial charge is 0.259 e. The first-order valence-electron chi connectivity index (χ1n) is 5.86. The third-order valence-corrected chi connectivity index (χ3v) is 3.14. The van der Waals surface area contributed by atoms with Gasteiger partial charge in [-0.3, -0.25) is 4.79 Å². The minimum absolute atomic E-state index is 0.184. The average molecular weight is 251 g/mol. The molecular weight excluding hydrogens is 241 g/mol. The van der Waals surface area contributed by atoms with E-state index in [1.165, 1.54) is 11.0 Å². The number of amides is 1. The fraction of sp³-hybridized carbons (Fsp3) is 0.0625. The molecular formula is C16H10FNO. The Labute approximate surface area is 110 Å². The lowest BCUT2D eigenvalue weighted by molar-refractivity contribution is 0.0992. The van der Waals surface area contributed by atoms with E-state index in [2.05, 4.69) is 11.8 Å². The molecule has 0 saturated heterocycles. The Kier molecular flexibility index (Phi) is 2.57. The quantitative estimate of drug-likeness (QED) is 0.659. The van der Waals surface area contributed by atoms with E-state index in [9.17, 15) is 9.18 Å². The zero-order chi connectivity index (χ0) is 13.4. The minimum atomic E-state index is -0.413. The fourth-order valence-corrected chi connectivity index (χ4v) is 2.11. The molecule has 1 aliphatic heterocycles. The number of rotatable bonds is 0. The van der Waals surface area contributed by atoms with Crippen LogP contribution in [0.3, 0.4) is 0 Å². The van der Waals surface area contributed by atoms with Gasteiger partial charge in [-0.1, -0.05) is 30.0 Å². The van der Waals surface area contributed by atoms with Gasteiger partial charge in [0.1, 0.15) is 5.82 Å². The summed E-state index contributed by atoms with van der Waals surface area (Å²) in [4.78, 5) is 13.8. The van der Waals surface area contributed by atoms with E-state index in [1.807, 2.05) is 6.07 Å². The van der Waals surface area contributed by atoms with Crippen LogP contribution in [0, 0.1) is 17.7 Å². The number of hydrogen-bond donors (Lipinski definition) is 0. The fourth-order valence-electron chi connectivity index (χ4n) is 2.11. The highest BCUT2D eigenvalue weighted by Crippen LogP contribution is 2.25. The van der Waals surface area contributed by atoms with Gasteiger partial charge < -0.3 is 4.90 Å². The summed E-state index contributed by atoms with van der Waals surface area (Å²) >= 11 is 0. The average Bonchev–Trinajstić information content (AvgIpc) is 2.43. The van der Waals surface area contributed by atoms with Gasteiger partial charge in [0.15, 0.2) is 0 Å². The van der Waals surface area contributed by atoms with Gasteiger partial charge in [0.25, 0.3) is 5.91 Å².